The van der Waals surface area contributed by atoms with E-state index in [-0.39, 0.29) is 0 Å². The Bertz CT molecular complexity index is 381. The standard InChI is InChI=1S/C14H21ClN2S/c15-14-4-3-13(18-14)10-17-7-5-11(6-8-17)9-16-12-1-2-12/h3-4,11-12,16H,1-2,5-10H2. The van der Waals surface area contributed by atoms with Gasteiger partial charge in [-0.15, -0.1) is 11.3 Å². The Morgan fingerprint density at radius 3 is 2.61 bits per heavy atom. The van der Waals surface area contributed by atoms with E-state index in [9.17, 15) is 0 Å². The summed E-state index contributed by atoms with van der Waals surface area (Å²) in [6.07, 6.45) is 5.49. The van der Waals surface area contributed by atoms with Crippen LogP contribution >= 0.6 is 22.9 Å². The van der Waals surface area contributed by atoms with Gasteiger partial charge in [0.05, 0.1) is 4.34 Å². The first-order valence-corrected chi connectivity index (χ1v) is 8.19. The molecular formula is C14H21ClN2S. The van der Waals surface area contributed by atoms with E-state index in [1.165, 1.54) is 50.2 Å². The summed E-state index contributed by atoms with van der Waals surface area (Å²) in [6.45, 7) is 4.81. The number of thiophene rings is 1. The highest BCUT2D eigenvalue weighted by Crippen LogP contribution is 2.25. The molecule has 2 fully saturated rings. The fourth-order valence-corrected chi connectivity index (χ4v) is 3.76. The molecule has 0 unspecified atom stereocenters. The van der Waals surface area contributed by atoms with E-state index >= 15 is 0 Å². The molecule has 2 nitrogen and oxygen atoms in total. The van der Waals surface area contributed by atoms with Crippen molar-refractivity contribution in [1.29, 1.82) is 0 Å². The molecule has 0 atom stereocenters. The van der Waals surface area contributed by atoms with Crippen LogP contribution < -0.4 is 5.32 Å². The van der Waals surface area contributed by atoms with Crippen molar-refractivity contribution >= 4 is 22.9 Å². The Labute approximate surface area is 118 Å². The summed E-state index contributed by atoms with van der Waals surface area (Å²) < 4.78 is 0.911. The van der Waals surface area contributed by atoms with Crippen LogP contribution in [0.1, 0.15) is 30.6 Å². The van der Waals surface area contributed by atoms with E-state index in [4.69, 9.17) is 11.6 Å². The number of rotatable bonds is 5. The predicted octanol–water partition coefficient (Wildman–Crippen LogP) is 3.37. The van der Waals surface area contributed by atoms with Crippen LogP contribution in [-0.2, 0) is 6.54 Å². The summed E-state index contributed by atoms with van der Waals surface area (Å²) in [5.74, 6) is 0.897. The molecule has 3 rings (SSSR count). The highest BCUT2D eigenvalue weighted by Gasteiger charge is 2.24. The van der Waals surface area contributed by atoms with Crippen molar-refractivity contribution in [3.63, 3.8) is 0 Å². The number of hydrogen-bond donors (Lipinski definition) is 1. The summed E-state index contributed by atoms with van der Waals surface area (Å²) in [5.41, 5.74) is 0. The third kappa shape index (κ3) is 3.70. The van der Waals surface area contributed by atoms with Crippen LogP contribution in [0, 0.1) is 5.92 Å². The second-order valence-electron chi connectivity index (χ2n) is 5.61. The largest absolute Gasteiger partial charge is 0.314 e. The molecule has 1 aliphatic carbocycles. The zero-order chi connectivity index (χ0) is 12.4. The van der Waals surface area contributed by atoms with Gasteiger partial charge in [0.25, 0.3) is 0 Å². The second-order valence-corrected chi connectivity index (χ2v) is 7.41. The van der Waals surface area contributed by atoms with Gasteiger partial charge in [-0.05, 0) is 63.4 Å². The Kier molecular flexibility index (Phi) is 4.24. The summed E-state index contributed by atoms with van der Waals surface area (Å²) in [6, 6.07) is 5.03. The van der Waals surface area contributed by atoms with Crippen molar-refractivity contribution in [3.05, 3.63) is 21.3 Å². The number of halogens is 1. The maximum absolute atomic E-state index is 5.97. The van der Waals surface area contributed by atoms with Gasteiger partial charge in [0.1, 0.15) is 0 Å². The van der Waals surface area contributed by atoms with Crippen LogP contribution in [0.3, 0.4) is 0 Å². The summed E-state index contributed by atoms with van der Waals surface area (Å²) in [4.78, 5) is 3.96. The molecule has 18 heavy (non-hydrogen) atoms. The minimum Gasteiger partial charge on any atom is -0.314 e. The van der Waals surface area contributed by atoms with E-state index < -0.39 is 0 Å². The molecule has 1 saturated carbocycles. The normalized spacial score (nSPS) is 22.5. The Morgan fingerprint density at radius 1 is 1.22 bits per heavy atom. The summed E-state index contributed by atoms with van der Waals surface area (Å²) in [5, 5.41) is 3.66. The van der Waals surface area contributed by atoms with Gasteiger partial charge in [0.15, 0.2) is 0 Å². The monoisotopic (exact) mass is 284 g/mol. The van der Waals surface area contributed by atoms with Gasteiger partial charge in [-0.2, -0.15) is 0 Å². The minimum absolute atomic E-state index is 0.858. The van der Waals surface area contributed by atoms with Gasteiger partial charge in [0.2, 0.25) is 0 Å². The van der Waals surface area contributed by atoms with Gasteiger partial charge in [-0.3, -0.25) is 4.90 Å². The molecule has 100 valence electrons. The predicted molar refractivity (Wildman–Crippen MR) is 78.4 cm³/mol. The van der Waals surface area contributed by atoms with Crippen LogP contribution in [0.2, 0.25) is 4.34 Å². The lowest BCUT2D eigenvalue weighted by molar-refractivity contribution is 0.176. The Hall–Kier alpha value is -0.0900. The molecule has 2 heterocycles. The highest BCUT2D eigenvalue weighted by atomic mass is 35.5. The summed E-state index contributed by atoms with van der Waals surface area (Å²) in [7, 11) is 0. The second kappa shape index (κ2) is 5.91. The first-order valence-electron chi connectivity index (χ1n) is 6.99. The van der Waals surface area contributed by atoms with E-state index in [1.807, 2.05) is 6.07 Å². The smallest absolute Gasteiger partial charge is 0.0931 e. The fourth-order valence-electron chi connectivity index (χ4n) is 2.63. The molecule has 1 aromatic heterocycles. The topological polar surface area (TPSA) is 15.3 Å². The number of piperidine rings is 1. The molecule has 0 aromatic carbocycles. The molecule has 1 saturated heterocycles. The van der Waals surface area contributed by atoms with Gasteiger partial charge in [0, 0.05) is 17.5 Å². The average Bonchev–Trinajstić information content (AvgIpc) is 3.12. The highest BCUT2D eigenvalue weighted by molar-refractivity contribution is 7.16. The van der Waals surface area contributed by atoms with Crippen LogP contribution in [0.15, 0.2) is 12.1 Å². The first-order chi connectivity index (χ1) is 8.79. The van der Waals surface area contributed by atoms with Gasteiger partial charge in [-0.1, -0.05) is 11.6 Å². The molecule has 1 N–H and O–H groups in total. The third-order valence-corrected chi connectivity index (χ3v) is 5.20. The molecule has 4 heteroatoms. The van der Waals surface area contributed by atoms with Crippen molar-refractivity contribution in [2.24, 2.45) is 5.92 Å². The van der Waals surface area contributed by atoms with Crippen LogP contribution in [0.5, 0.6) is 0 Å². The number of hydrogen-bond acceptors (Lipinski definition) is 3. The lowest BCUT2D eigenvalue weighted by Gasteiger charge is -2.31. The van der Waals surface area contributed by atoms with Gasteiger partial charge in [-0.25, -0.2) is 0 Å². The van der Waals surface area contributed by atoms with E-state index in [0.717, 1.165) is 22.8 Å². The van der Waals surface area contributed by atoms with Crippen LogP contribution in [0.25, 0.3) is 0 Å². The minimum atomic E-state index is 0.858. The molecular weight excluding hydrogens is 264 g/mol. The number of nitrogens with one attached hydrogen (secondary N) is 1. The number of likely N-dealkylation sites (tertiary alicyclic amines) is 1. The van der Waals surface area contributed by atoms with Crippen LogP contribution in [0.4, 0.5) is 0 Å². The maximum Gasteiger partial charge on any atom is 0.0931 e. The Balaban J connectivity index is 1.39. The van der Waals surface area contributed by atoms with Gasteiger partial charge >= 0.3 is 0 Å². The quantitative estimate of drug-likeness (QED) is 0.892. The fraction of sp³-hybridized carbons (Fsp3) is 0.714. The lowest BCUT2D eigenvalue weighted by atomic mass is 9.97. The van der Waals surface area contributed by atoms with Crippen molar-refractivity contribution in [3.8, 4) is 0 Å². The SMILES string of the molecule is Clc1ccc(CN2CCC(CNC3CC3)CC2)s1. The molecule has 0 spiro atoms. The van der Waals surface area contributed by atoms with Gasteiger partial charge < -0.3 is 5.32 Å². The van der Waals surface area contributed by atoms with Crippen molar-refractivity contribution in [2.75, 3.05) is 19.6 Å². The molecule has 1 aliphatic heterocycles. The van der Waals surface area contributed by atoms with E-state index in [1.54, 1.807) is 11.3 Å². The maximum atomic E-state index is 5.97. The van der Waals surface area contributed by atoms with Crippen molar-refractivity contribution in [2.45, 2.75) is 38.3 Å². The van der Waals surface area contributed by atoms with Crippen LogP contribution in [-0.4, -0.2) is 30.6 Å². The lowest BCUT2D eigenvalue weighted by Crippen LogP contribution is -2.37. The first kappa shape index (κ1) is 12.9. The molecule has 0 amide bonds. The molecule has 0 bridgehead atoms. The van der Waals surface area contributed by atoms with Crippen molar-refractivity contribution in [1.82, 2.24) is 10.2 Å². The van der Waals surface area contributed by atoms with Crippen molar-refractivity contribution < 1.29 is 0 Å². The molecule has 2 aliphatic rings. The average molecular weight is 285 g/mol. The summed E-state index contributed by atoms with van der Waals surface area (Å²) >= 11 is 7.69. The molecule has 1 aromatic rings. The van der Waals surface area contributed by atoms with E-state index in [2.05, 4.69) is 16.3 Å². The number of nitrogens with zero attached hydrogens (tertiary/aromatic N) is 1. The zero-order valence-corrected chi connectivity index (χ0v) is 12.3. The Morgan fingerprint density at radius 2 is 2.00 bits per heavy atom. The van der Waals surface area contributed by atoms with E-state index in [0.29, 0.717) is 0 Å². The molecule has 0 radical (unpaired) electrons. The zero-order valence-electron chi connectivity index (χ0n) is 10.7. The third-order valence-electron chi connectivity index (χ3n) is 3.99.